The lowest BCUT2D eigenvalue weighted by atomic mass is 9.95. The lowest BCUT2D eigenvalue weighted by Crippen LogP contribution is -2.44. The van der Waals surface area contributed by atoms with E-state index in [1.807, 2.05) is 11.8 Å². The SMILES string of the molecule is CCCN1C[C@@H]2CC[C@H]1CN(C(=O)c1cc(S(N)(=O)=O)ccc1C)C2. The van der Waals surface area contributed by atoms with Crippen LogP contribution < -0.4 is 5.14 Å². The number of hydrogen-bond donors (Lipinski definition) is 1. The van der Waals surface area contributed by atoms with Crippen LogP contribution in [0.3, 0.4) is 0 Å². The molecule has 1 amide bonds. The van der Waals surface area contributed by atoms with E-state index in [-0.39, 0.29) is 10.8 Å². The zero-order chi connectivity index (χ0) is 18.2. The van der Waals surface area contributed by atoms with Crippen LogP contribution in [0.15, 0.2) is 23.1 Å². The van der Waals surface area contributed by atoms with Crippen LogP contribution in [-0.4, -0.2) is 56.3 Å². The van der Waals surface area contributed by atoms with E-state index in [1.165, 1.54) is 12.1 Å². The zero-order valence-electron chi connectivity index (χ0n) is 14.9. The second-order valence-corrected chi connectivity index (χ2v) is 8.89. The van der Waals surface area contributed by atoms with E-state index in [1.54, 1.807) is 6.07 Å². The first kappa shape index (κ1) is 18.4. The van der Waals surface area contributed by atoms with E-state index >= 15 is 0 Å². The fourth-order valence-electron chi connectivity index (χ4n) is 4.08. The van der Waals surface area contributed by atoms with E-state index < -0.39 is 10.0 Å². The summed E-state index contributed by atoms with van der Waals surface area (Å²) in [6.45, 7) is 7.60. The summed E-state index contributed by atoms with van der Waals surface area (Å²) in [7, 11) is -3.82. The van der Waals surface area contributed by atoms with Gasteiger partial charge in [-0.25, -0.2) is 13.6 Å². The molecule has 0 unspecified atom stereocenters. The van der Waals surface area contributed by atoms with Gasteiger partial charge in [0.05, 0.1) is 4.90 Å². The summed E-state index contributed by atoms with van der Waals surface area (Å²) in [5.41, 5.74) is 1.22. The monoisotopic (exact) mass is 365 g/mol. The minimum Gasteiger partial charge on any atom is -0.337 e. The first-order valence-corrected chi connectivity index (χ1v) is 10.5. The number of hydrogen-bond acceptors (Lipinski definition) is 4. The van der Waals surface area contributed by atoms with Crippen molar-refractivity contribution in [2.45, 2.75) is 44.0 Å². The third-order valence-corrected chi connectivity index (χ3v) is 6.30. The molecule has 0 saturated carbocycles. The molecule has 3 saturated heterocycles. The van der Waals surface area contributed by atoms with Crippen LogP contribution in [-0.2, 0) is 10.0 Å². The molecule has 3 fully saturated rings. The Bertz CT molecular complexity index is 763. The smallest absolute Gasteiger partial charge is 0.254 e. The van der Waals surface area contributed by atoms with Gasteiger partial charge >= 0.3 is 0 Å². The number of sulfonamides is 1. The molecule has 3 aliphatic rings. The maximum atomic E-state index is 13.1. The number of aryl methyl sites for hydroxylation is 1. The molecule has 3 heterocycles. The number of carbonyl (C=O) groups excluding carboxylic acids is 1. The van der Waals surface area contributed by atoms with E-state index in [2.05, 4.69) is 11.8 Å². The van der Waals surface area contributed by atoms with Gasteiger partial charge in [-0.2, -0.15) is 0 Å². The molecular weight excluding hydrogens is 338 g/mol. The number of carbonyl (C=O) groups is 1. The number of fused-ring (bicyclic) bond motifs is 4. The number of piperidine rings is 1. The summed E-state index contributed by atoms with van der Waals surface area (Å²) in [6.07, 6.45) is 3.40. The Kier molecular flexibility index (Phi) is 5.18. The Labute approximate surface area is 150 Å². The molecule has 0 aliphatic carbocycles. The molecule has 2 bridgehead atoms. The van der Waals surface area contributed by atoms with Crippen LogP contribution in [0.25, 0.3) is 0 Å². The van der Waals surface area contributed by atoms with Gasteiger partial charge in [0.2, 0.25) is 10.0 Å². The Morgan fingerprint density at radius 2 is 2.00 bits per heavy atom. The van der Waals surface area contributed by atoms with Crippen molar-refractivity contribution in [1.82, 2.24) is 9.80 Å². The maximum Gasteiger partial charge on any atom is 0.254 e. The standard InChI is InChI=1S/C18H27N3O3S/c1-3-8-20-10-14-5-6-15(20)12-21(11-14)18(22)17-9-16(25(19,23)24)7-4-13(17)2/h4,7,9,14-15H,3,5-6,8,10-12H2,1-2H3,(H2,19,23,24)/t14-,15-/m0/s1. The summed E-state index contributed by atoms with van der Waals surface area (Å²) in [5.74, 6) is 0.411. The van der Waals surface area contributed by atoms with Crippen molar-refractivity contribution in [3.05, 3.63) is 29.3 Å². The minimum atomic E-state index is -3.82. The second-order valence-electron chi connectivity index (χ2n) is 7.32. The zero-order valence-corrected chi connectivity index (χ0v) is 15.8. The van der Waals surface area contributed by atoms with Crippen LogP contribution >= 0.6 is 0 Å². The fourth-order valence-corrected chi connectivity index (χ4v) is 4.62. The third kappa shape index (κ3) is 3.88. The van der Waals surface area contributed by atoms with Crippen molar-refractivity contribution in [1.29, 1.82) is 0 Å². The molecule has 138 valence electrons. The number of amides is 1. The first-order chi connectivity index (χ1) is 11.8. The Morgan fingerprint density at radius 3 is 2.68 bits per heavy atom. The molecule has 0 aromatic heterocycles. The predicted octanol–water partition coefficient (Wildman–Crippen LogP) is 1.59. The van der Waals surface area contributed by atoms with Crippen molar-refractivity contribution in [2.75, 3.05) is 26.2 Å². The lowest BCUT2D eigenvalue weighted by Gasteiger charge is -2.35. The van der Waals surface area contributed by atoms with Crippen molar-refractivity contribution >= 4 is 15.9 Å². The second kappa shape index (κ2) is 7.05. The van der Waals surface area contributed by atoms with Gasteiger partial charge in [0.25, 0.3) is 5.91 Å². The van der Waals surface area contributed by atoms with Crippen LogP contribution in [0.5, 0.6) is 0 Å². The summed E-state index contributed by atoms with van der Waals surface area (Å²) in [5, 5.41) is 5.23. The van der Waals surface area contributed by atoms with Gasteiger partial charge in [-0.05, 0) is 56.3 Å². The topological polar surface area (TPSA) is 83.7 Å². The molecule has 2 N–H and O–H groups in total. The largest absolute Gasteiger partial charge is 0.337 e. The minimum absolute atomic E-state index is 0.00754. The summed E-state index contributed by atoms with van der Waals surface area (Å²) in [4.78, 5) is 17.5. The summed E-state index contributed by atoms with van der Waals surface area (Å²) in [6, 6.07) is 4.94. The highest BCUT2D eigenvalue weighted by Gasteiger charge is 2.36. The van der Waals surface area contributed by atoms with Gasteiger partial charge in [-0.1, -0.05) is 13.0 Å². The van der Waals surface area contributed by atoms with E-state index in [0.717, 1.165) is 44.5 Å². The van der Waals surface area contributed by atoms with Crippen LogP contribution in [0, 0.1) is 12.8 Å². The highest BCUT2D eigenvalue weighted by molar-refractivity contribution is 7.89. The quantitative estimate of drug-likeness (QED) is 0.878. The van der Waals surface area contributed by atoms with Crippen molar-refractivity contribution < 1.29 is 13.2 Å². The highest BCUT2D eigenvalue weighted by atomic mass is 32.2. The van der Waals surface area contributed by atoms with Gasteiger partial charge in [-0.15, -0.1) is 0 Å². The molecule has 0 radical (unpaired) electrons. The normalized spacial score (nSPS) is 24.4. The molecule has 1 aromatic rings. The number of nitrogens with two attached hydrogens (primary N) is 1. The van der Waals surface area contributed by atoms with E-state index in [9.17, 15) is 13.2 Å². The van der Waals surface area contributed by atoms with Gasteiger partial charge in [0, 0.05) is 31.2 Å². The molecule has 25 heavy (non-hydrogen) atoms. The van der Waals surface area contributed by atoms with Crippen molar-refractivity contribution in [3.8, 4) is 0 Å². The number of rotatable bonds is 4. The molecule has 4 rings (SSSR count). The lowest BCUT2D eigenvalue weighted by molar-refractivity contribution is 0.0737. The first-order valence-electron chi connectivity index (χ1n) is 8.96. The Balaban J connectivity index is 1.86. The van der Waals surface area contributed by atoms with Gasteiger partial charge in [0.1, 0.15) is 0 Å². The number of benzene rings is 1. The molecule has 6 nitrogen and oxygen atoms in total. The summed E-state index contributed by atoms with van der Waals surface area (Å²) >= 11 is 0. The molecule has 1 aromatic carbocycles. The van der Waals surface area contributed by atoms with Crippen LogP contribution in [0.4, 0.5) is 0 Å². The van der Waals surface area contributed by atoms with Gasteiger partial charge in [-0.3, -0.25) is 9.69 Å². The number of nitrogens with zero attached hydrogens (tertiary/aromatic N) is 2. The Morgan fingerprint density at radius 1 is 1.24 bits per heavy atom. The van der Waals surface area contributed by atoms with Crippen LogP contribution in [0.1, 0.15) is 42.1 Å². The van der Waals surface area contributed by atoms with Crippen LogP contribution in [0.2, 0.25) is 0 Å². The average molecular weight is 365 g/mol. The fraction of sp³-hybridized carbons (Fsp3) is 0.611. The molecule has 3 aliphatic heterocycles. The molecule has 2 atom stereocenters. The van der Waals surface area contributed by atoms with Gasteiger partial charge in [0.15, 0.2) is 0 Å². The molecule has 0 spiro atoms. The van der Waals surface area contributed by atoms with Crippen molar-refractivity contribution in [2.24, 2.45) is 11.1 Å². The van der Waals surface area contributed by atoms with E-state index in [4.69, 9.17) is 5.14 Å². The van der Waals surface area contributed by atoms with Crippen molar-refractivity contribution in [3.63, 3.8) is 0 Å². The maximum absolute atomic E-state index is 13.1. The van der Waals surface area contributed by atoms with E-state index in [0.29, 0.717) is 24.1 Å². The number of primary sulfonamides is 1. The van der Waals surface area contributed by atoms with Gasteiger partial charge < -0.3 is 4.90 Å². The third-order valence-electron chi connectivity index (χ3n) is 5.39. The molecular formula is C18H27N3O3S. The Hall–Kier alpha value is -1.44. The highest BCUT2D eigenvalue weighted by Crippen LogP contribution is 2.29. The average Bonchev–Trinajstić information content (AvgIpc) is 2.85. The summed E-state index contributed by atoms with van der Waals surface area (Å²) < 4.78 is 23.3. The predicted molar refractivity (Wildman–Crippen MR) is 96.8 cm³/mol. The molecule has 7 heteroatoms.